The van der Waals surface area contributed by atoms with Crippen molar-refractivity contribution in [3.63, 3.8) is 0 Å². The SMILES string of the molecule is Cc1cncc(C(O)Cc2ccc(F)cc2C)c1. The summed E-state index contributed by atoms with van der Waals surface area (Å²) in [5.41, 5.74) is 3.61. The second-order valence-corrected chi connectivity index (χ2v) is 4.59. The lowest BCUT2D eigenvalue weighted by Gasteiger charge is -2.13. The average Bonchev–Trinajstić information content (AvgIpc) is 2.32. The number of benzene rings is 1. The van der Waals surface area contributed by atoms with Crippen molar-refractivity contribution in [2.24, 2.45) is 0 Å². The fourth-order valence-electron chi connectivity index (χ4n) is 1.98. The predicted octanol–water partition coefficient (Wildman–Crippen LogP) is 3.11. The molecule has 1 unspecified atom stereocenters. The lowest BCUT2D eigenvalue weighted by Crippen LogP contribution is -2.04. The summed E-state index contributed by atoms with van der Waals surface area (Å²) in [6, 6.07) is 6.54. The molecule has 2 aromatic rings. The van der Waals surface area contributed by atoms with Crippen LogP contribution >= 0.6 is 0 Å². The lowest BCUT2D eigenvalue weighted by atomic mass is 9.98. The first-order chi connectivity index (χ1) is 8.56. The Morgan fingerprint density at radius 2 is 2.00 bits per heavy atom. The van der Waals surface area contributed by atoms with Gasteiger partial charge in [-0.25, -0.2) is 4.39 Å². The standard InChI is InChI=1S/C15H16FNO/c1-10-5-13(9-17-8-10)15(18)7-12-3-4-14(16)6-11(12)2/h3-6,8-9,15,18H,7H2,1-2H3. The number of hydrogen-bond acceptors (Lipinski definition) is 2. The second kappa shape index (κ2) is 5.27. The number of nitrogens with zero attached hydrogens (tertiary/aromatic N) is 1. The zero-order chi connectivity index (χ0) is 13.1. The molecule has 0 saturated carbocycles. The van der Waals surface area contributed by atoms with Crippen molar-refractivity contribution in [1.82, 2.24) is 4.98 Å². The summed E-state index contributed by atoms with van der Waals surface area (Å²) in [7, 11) is 0. The van der Waals surface area contributed by atoms with Crippen LogP contribution in [0.1, 0.15) is 28.4 Å². The number of aromatic nitrogens is 1. The molecule has 1 N–H and O–H groups in total. The Bertz CT molecular complexity index is 554. The van der Waals surface area contributed by atoms with Crippen LogP contribution in [0.5, 0.6) is 0 Å². The fraction of sp³-hybridized carbons (Fsp3) is 0.267. The van der Waals surface area contributed by atoms with E-state index in [9.17, 15) is 9.50 Å². The summed E-state index contributed by atoms with van der Waals surface area (Å²) in [4.78, 5) is 4.06. The molecule has 0 aliphatic rings. The second-order valence-electron chi connectivity index (χ2n) is 4.59. The molecule has 0 fully saturated rings. The molecule has 1 aromatic heterocycles. The van der Waals surface area contributed by atoms with Crippen molar-refractivity contribution < 1.29 is 9.50 Å². The van der Waals surface area contributed by atoms with Gasteiger partial charge in [0.15, 0.2) is 0 Å². The van der Waals surface area contributed by atoms with Gasteiger partial charge in [0.05, 0.1) is 6.10 Å². The zero-order valence-corrected chi connectivity index (χ0v) is 10.5. The highest BCUT2D eigenvalue weighted by molar-refractivity contribution is 5.29. The van der Waals surface area contributed by atoms with Crippen molar-refractivity contribution >= 4 is 0 Å². The van der Waals surface area contributed by atoms with Crippen LogP contribution in [0.2, 0.25) is 0 Å². The van der Waals surface area contributed by atoms with Crippen LogP contribution < -0.4 is 0 Å². The zero-order valence-electron chi connectivity index (χ0n) is 10.5. The number of rotatable bonds is 3. The van der Waals surface area contributed by atoms with Crippen molar-refractivity contribution in [1.29, 1.82) is 0 Å². The molecular weight excluding hydrogens is 229 g/mol. The normalized spacial score (nSPS) is 12.4. The Kier molecular flexibility index (Phi) is 3.72. The molecule has 94 valence electrons. The van der Waals surface area contributed by atoms with E-state index in [0.717, 1.165) is 22.3 Å². The molecule has 0 bridgehead atoms. The summed E-state index contributed by atoms with van der Waals surface area (Å²) in [6.07, 6.45) is 3.27. The van der Waals surface area contributed by atoms with Crippen molar-refractivity contribution in [3.05, 3.63) is 64.7 Å². The maximum absolute atomic E-state index is 13.0. The van der Waals surface area contributed by atoms with Gasteiger partial charge in [0.1, 0.15) is 5.82 Å². The number of pyridine rings is 1. The highest BCUT2D eigenvalue weighted by Crippen LogP contribution is 2.21. The topological polar surface area (TPSA) is 33.1 Å². The van der Waals surface area contributed by atoms with Gasteiger partial charge < -0.3 is 5.11 Å². The first kappa shape index (κ1) is 12.7. The van der Waals surface area contributed by atoms with E-state index >= 15 is 0 Å². The number of aryl methyl sites for hydroxylation is 2. The number of hydrogen-bond donors (Lipinski definition) is 1. The van der Waals surface area contributed by atoms with Crippen LogP contribution in [0.25, 0.3) is 0 Å². The van der Waals surface area contributed by atoms with Crippen LogP contribution in [0.3, 0.4) is 0 Å². The first-order valence-corrected chi connectivity index (χ1v) is 5.91. The largest absolute Gasteiger partial charge is 0.388 e. The van der Waals surface area contributed by atoms with E-state index in [1.54, 1.807) is 18.5 Å². The molecule has 0 spiro atoms. The van der Waals surface area contributed by atoms with Gasteiger partial charge in [-0.05, 0) is 48.2 Å². The van der Waals surface area contributed by atoms with Crippen LogP contribution in [0.15, 0.2) is 36.7 Å². The van der Waals surface area contributed by atoms with Gasteiger partial charge in [0, 0.05) is 18.8 Å². The minimum Gasteiger partial charge on any atom is -0.388 e. The van der Waals surface area contributed by atoms with Crippen molar-refractivity contribution in [3.8, 4) is 0 Å². The number of aliphatic hydroxyl groups is 1. The minimum atomic E-state index is -0.610. The summed E-state index contributed by atoms with van der Waals surface area (Å²) in [5, 5.41) is 10.2. The van der Waals surface area contributed by atoms with E-state index in [0.29, 0.717) is 6.42 Å². The molecule has 0 saturated heterocycles. The maximum atomic E-state index is 13.0. The van der Waals surface area contributed by atoms with Gasteiger partial charge in [-0.2, -0.15) is 0 Å². The summed E-state index contributed by atoms with van der Waals surface area (Å²) in [6.45, 7) is 3.78. The maximum Gasteiger partial charge on any atom is 0.123 e. The van der Waals surface area contributed by atoms with E-state index in [4.69, 9.17) is 0 Å². The monoisotopic (exact) mass is 245 g/mol. The van der Waals surface area contributed by atoms with Crippen LogP contribution in [-0.2, 0) is 6.42 Å². The molecule has 0 aliphatic carbocycles. The number of halogens is 1. The Morgan fingerprint density at radius 1 is 1.22 bits per heavy atom. The first-order valence-electron chi connectivity index (χ1n) is 5.91. The van der Waals surface area contributed by atoms with Gasteiger partial charge in [-0.1, -0.05) is 12.1 Å². The summed E-state index contributed by atoms with van der Waals surface area (Å²) in [5.74, 6) is -0.247. The van der Waals surface area contributed by atoms with Crippen molar-refractivity contribution in [2.45, 2.75) is 26.4 Å². The van der Waals surface area contributed by atoms with Crippen molar-refractivity contribution in [2.75, 3.05) is 0 Å². The van der Waals surface area contributed by atoms with Gasteiger partial charge in [-0.15, -0.1) is 0 Å². The number of aliphatic hydroxyl groups excluding tert-OH is 1. The molecular formula is C15H16FNO. The van der Waals surface area contributed by atoms with Gasteiger partial charge in [0.25, 0.3) is 0 Å². The molecule has 1 heterocycles. The Balaban J connectivity index is 2.18. The molecule has 0 aliphatic heterocycles. The Morgan fingerprint density at radius 3 is 2.67 bits per heavy atom. The smallest absolute Gasteiger partial charge is 0.123 e. The quantitative estimate of drug-likeness (QED) is 0.901. The van der Waals surface area contributed by atoms with E-state index < -0.39 is 6.10 Å². The fourth-order valence-corrected chi connectivity index (χ4v) is 1.98. The molecule has 2 rings (SSSR count). The van der Waals surface area contributed by atoms with Crippen LogP contribution in [-0.4, -0.2) is 10.1 Å². The highest BCUT2D eigenvalue weighted by Gasteiger charge is 2.11. The third-order valence-electron chi connectivity index (χ3n) is 3.00. The Labute approximate surface area is 106 Å². The third kappa shape index (κ3) is 2.93. The molecule has 18 heavy (non-hydrogen) atoms. The summed E-state index contributed by atoms with van der Waals surface area (Å²) < 4.78 is 13.0. The van der Waals surface area contributed by atoms with Gasteiger partial charge >= 0.3 is 0 Å². The molecule has 2 nitrogen and oxygen atoms in total. The minimum absolute atomic E-state index is 0.247. The highest BCUT2D eigenvalue weighted by atomic mass is 19.1. The molecule has 0 radical (unpaired) electrons. The van der Waals surface area contributed by atoms with E-state index in [-0.39, 0.29) is 5.82 Å². The van der Waals surface area contributed by atoms with Crippen LogP contribution in [0, 0.1) is 19.7 Å². The lowest BCUT2D eigenvalue weighted by molar-refractivity contribution is 0.177. The molecule has 3 heteroatoms. The molecule has 0 amide bonds. The third-order valence-corrected chi connectivity index (χ3v) is 3.00. The van der Waals surface area contributed by atoms with E-state index in [1.807, 2.05) is 19.9 Å². The van der Waals surface area contributed by atoms with Gasteiger partial charge in [0.2, 0.25) is 0 Å². The van der Waals surface area contributed by atoms with E-state index in [1.165, 1.54) is 12.1 Å². The van der Waals surface area contributed by atoms with E-state index in [2.05, 4.69) is 4.98 Å². The van der Waals surface area contributed by atoms with Crippen LogP contribution in [0.4, 0.5) is 4.39 Å². The molecule has 1 aromatic carbocycles. The average molecular weight is 245 g/mol. The Hall–Kier alpha value is -1.74. The molecule has 1 atom stereocenters. The summed E-state index contributed by atoms with van der Waals surface area (Å²) >= 11 is 0. The van der Waals surface area contributed by atoms with Gasteiger partial charge in [-0.3, -0.25) is 4.98 Å². The predicted molar refractivity (Wildman–Crippen MR) is 68.8 cm³/mol.